The largest absolute Gasteiger partial charge is 0.480 e. The maximum atomic E-state index is 12.0. The predicted octanol–water partition coefficient (Wildman–Crippen LogP) is 2.48. The molecule has 1 heterocycles. The van der Waals surface area contributed by atoms with E-state index in [4.69, 9.17) is 5.11 Å². The molecule has 1 aliphatic rings. The molecule has 1 atom stereocenters. The Morgan fingerprint density at radius 3 is 2.45 bits per heavy atom. The standard InChI is InChI=1S/C14H20N2O3S/c1-8(10-16-9(7-20-10)13(2,3)4)15-11(17)14(5-6-14)12(18)19/h7-8H,5-6H2,1-4H3,(H,15,17)(H,18,19)/t8-/m0/s1. The van der Waals surface area contributed by atoms with E-state index in [1.807, 2.05) is 12.3 Å². The van der Waals surface area contributed by atoms with Crippen molar-refractivity contribution in [1.82, 2.24) is 10.3 Å². The molecule has 0 unspecified atom stereocenters. The zero-order valence-electron chi connectivity index (χ0n) is 12.2. The number of carbonyl (C=O) groups excluding carboxylic acids is 1. The summed E-state index contributed by atoms with van der Waals surface area (Å²) in [6, 6.07) is -0.263. The van der Waals surface area contributed by atoms with Crippen molar-refractivity contribution in [1.29, 1.82) is 0 Å². The number of hydrogen-bond acceptors (Lipinski definition) is 4. The van der Waals surface area contributed by atoms with Crippen LogP contribution in [0.1, 0.15) is 57.3 Å². The Kier molecular flexibility index (Phi) is 3.62. The van der Waals surface area contributed by atoms with E-state index in [1.165, 1.54) is 11.3 Å². The Labute approximate surface area is 122 Å². The number of carboxylic acid groups (broad SMARTS) is 1. The van der Waals surface area contributed by atoms with Crippen molar-refractivity contribution in [3.8, 4) is 0 Å². The van der Waals surface area contributed by atoms with Crippen molar-refractivity contribution in [3.05, 3.63) is 16.1 Å². The summed E-state index contributed by atoms with van der Waals surface area (Å²) in [5.41, 5.74) is -0.242. The van der Waals surface area contributed by atoms with Crippen LogP contribution in [0, 0.1) is 5.41 Å². The van der Waals surface area contributed by atoms with Gasteiger partial charge in [0.2, 0.25) is 5.91 Å². The average Bonchev–Trinajstić information content (AvgIpc) is 2.98. The second kappa shape index (κ2) is 4.84. The van der Waals surface area contributed by atoms with Gasteiger partial charge in [-0.3, -0.25) is 9.59 Å². The minimum atomic E-state index is -1.20. The molecule has 1 aromatic rings. The second-order valence-corrected chi connectivity index (χ2v) is 7.29. The lowest BCUT2D eigenvalue weighted by Gasteiger charge is -2.16. The van der Waals surface area contributed by atoms with Gasteiger partial charge >= 0.3 is 5.97 Å². The Balaban J connectivity index is 2.06. The summed E-state index contributed by atoms with van der Waals surface area (Å²) in [5.74, 6) is -1.43. The second-order valence-electron chi connectivity index (χ2n) is 6.40. The molecule has 20 heavy (non-hydrogen) atoms. The van der Waals surface area contributed by atoms with Crippen LogP contribution in [0.5, 0.6) is 0 Å². The summed E-state index contributed by atoms with van der Waals surface area (Å²) in [5, 5.41) is 14.7. The molecule has 0 aromatic carbocycles. The number of nitrogens with zero attached hydrogens (tertiary/aromatic N) is 1. The van der Waals surface area contributed by atoms with Crippen molar-refractivity contribution in [2.45, 2.75) is 52.0 Å². The van der Waals surface area contributed by atoms with Crippen molar-refractivity contribution < 1.29 is 14.7 Å². The molecule has 1 aliphatic carbocycles. The van der Waals surface area contributed by atoms with Crippen LogP contribution >= 0.6 is 11.3 Å². The molecule has 0 spiro atoms. The molecule has 0 saturated heterocycles. The van der Waals surface area contributed by atoms with Crippen LogP contribution in [0.25, 0.3) is 0 Å². The number of thiazole rings is 1. The number of hydrogen-bond donors (Lipinski definition) is 2. The molecular weight excluding hydrogens is 276 g/mol. The first-order valence-electron chi connectivity index (χ1n) is 6.67. The molecule has 110 valence electrons. The molecule has 0 bridgehead atoms. The highest BCUT2D eigenvalue weighted by molar-refractivity contribution is 7.09. The average molecular weight is 296 g/mol. The first kappa shape index (κ1) is 15.0. The molecule has 2 rings (SSSR count). The fraction of sp³-hybridized carbons (Fsp3) is 0.643. The van der Waals surface area contributed by atoms with E-state index in [0.29, 0.717) is 12.8 Å². The SMILES string of the molecule is C[C@H](NC(=O)C1(C(=O)O)CC1)c1nc(C(C)(C)C)cs1. The van der Waals surface area contributed by atoms with Gasteiger partial charge in [-0.25, -0.2) is 4.98 Å². The van der Waals surface area contributed by atoms with E-state index in [9.17, 15) is 9.59 Å². The van der Waals surface area contributed by atoms with E-state index >= 15 is 0 Å². The van der Waals surface area contributed by atoms with Gasteiger partial charge in [0.25, 0.3) is 0 Å². The minimum Gasteiger partial charge on any atom is -0.480 e. The van der Waals surface area contributed by atoms with Gasteiger partial charge < -0.3 is 10.4 Å². The highest BCUT2D eigenvalue weighted by Crippen LogP contribution is 2.46. The molecule has 2 N–H and O–H groups in total. The molecule has 1 aromatic heterocycles. The zero-order chi connectivity index (χ0) is 15.1. The number of carboxylic acids is 1. The molecule has 5 nitrogen and oxygen atoms in total. The summed E-state index contributed by atoms with van der Waals surface area (Å²) < 4.78 is 0. The van der Waals surface area contributed by atoms with Crippen LogP contribution in [0.4, 0.5) is 0 Å². The van der Waals surface area contributed by atoms with Crippen molar-refractivity contribution >= 4 is 23.2 Å². The molecule has 1 amide bonds. The third-order valence-electron chi connectivity index (χ3n) is 3.60. The lowest BCUT2D eigenvalue weighted by Crippen LogP contribution is -2.38. The summed E-state index contributed by atoms with van der Waals surface area (Å²) in [6.45, 7) is 8.08. The van der Waals surface area contributed by atoms with Crippen LogP contribution < -0.4 is 5.32 Å². The first-order valence-corrected chi connectivity index (χ1v) is 7.55. The topological polar surface area (TPSA) is 79.3 Å². The highest BCUT2D eigenvalue weighted by Gasteiger charge is 2.57. The Hall–Kier alpha value is -1.43. The van der Waals surface area contributed by atoms with Gasteiger partial charge in [-0.05, 0) is 19.8 Å². The monoisotopic (exact) mass is 296 g/mol. The summed E-state index contributed by atoms with van der Waals surface area (Å²) in [4.78, 5) is 27.7. The highest BCUT2D eigenvalue weighted by atomic mass is 32.1. The van der Waals surface area contributed by atoms with Gasteiger partial charge in [0.1, 0.15) is 10.4 Å². The third-order valence-corrected chi connectivity index (χ3v) is 4.63. The fourth-order valence-electron chi connectivity index (χ4n) is 1.89. The summed E-state index contributed by atoms with van der Waals surface area (Å²) in [7, 11) is 0. The third kappa shape index (κ3) is 2.70. The van der Waals surface area contributed by atoms with E-state index in [0.717, 1.165) is 10.7 Å². The van der Waals surface area contributed by atoms with Gasteiger partial charge in [0.05, 0.1) is 11.7 Å². The van der Waals surface area contributed by atoms with Crippen LogP contribution in [0.3, 0.4) is 0 Å². The molecule has 0 aliphatic heterocycles. The minimum absolute atomic E-state index is 0.0305. The maximum absolute atomic E-state index is 12.0. The lowest BCUT2D eigenvalue weighted by molar-refractivity contribution is -0.149. The zero-order valence-corrected chi connectivity index (χ0v) is 13.0. The van der Waals surface area contributed by atoms with E-state index in [-0.39, 0.29) is 11.5 Å². The molecular formula is C14H20N2O3S. The number of amides is 1. The molecule has 6 heteroatoms. The van der Waals surface area contributed by atoms with Gasteiger partial charge in [0, 0.05) is 10.8 Å². The molecule has 1 saturated carbocycles. The van der Waals surface area contributed by atoms with Gasteiger partial charge in [-0.2, -0.15) is 0 Å². The number of aliphatic carboxylic acids is 1. The van der Waals surface area contributed by atoms with Crippen LogP contribution in [0.2, 0.25) is 0 Å². The molecule has 0 radical (unpaired) electrons. The van der Waals surface area contributed by atoms with Gasteiger partial charge in [0.15, 0.2) is 0 Å². The Morgan fingerprint density at radius 1 is 1.45 bits per heavy atom. The van der Waals surface area contributed by atoms with Crippen molar-refractivity contribution in [2.75, 3.05) is 0 Å². The van der Waals surface area contributed by atoms with E-state index < -0.39 is 17.3 Å². The summed E-state index contributed by atoms with van der Waals surface area (Å²) in [6.07, 6.45) is 0.845. The van der Waals surface area contributed by atoms with Crippen molar-refractivity contribution in [2.24, 2.45) is 5.41 Å². The van der Waals surface area contributed by atoms with E-state index in [2.05, 4.69) is 31.1 Å². The number of carbonyl (C=O) groups is 2. The van der Waals surface area contributed by atoms with E-state index in [1.54, 1.807) is 0 Å². The normalized spacial score (nSPS) is 18.4. The van der Waals surface area contributed by atoms with Crippen molar-refractivity contribution in [3.63, 3.8) is 0 Å². The van der Waals surface area contributed by atoms with Gasteiger partial charge in [-0.15, -0.1) is 11.3 Å². The molecule has 1 fully saturated rings. The maximum Gasteiger partial charge on any atom is 0.319 e. The van der Waals surface area contributed by atoms with Crippen LogP contribution in [-0.4, -0.2) is 22.0 Å². The fourth-order valence-corrected chi connectivity index (χ4v) is 2.94. The first-order chi connectivity index (χ1) is 9.17. The van der Waals surface area contributed by atoms with Crippen LogP contribution in [-0.2, 0) is 15.0 Å². The number of rotatable bonds is 4. The van der Waals surface area contributed by atoms with Crippen LogP contribution in [0.15, 0.2) is 5.38 Å². The Morgan fingerprint density at radius 2 is 2.05 bits per heavy atom. The predicted molar refractivity (Wildman–Crippen MR) is 76.7 cm³/mol. The smallest absolute Gasteiger partial charge is 0.319 e. The summed E-state index contributed by atoms with van der Waals surface area (Å²) >= 11 is 1.49. The lowest BCUT2D eigenvalue weighted by atomic mass is 9.93. The van der Waals surface area contributed by atoms with Gasteiger partial charge in [-0.1, -0.05) is 20.8 Å². The Bertz CT molecular complexity index is 541. The quantitative estimate of drug-likeness (QED) is 0.837. The number of nitrogens with one attached hydrogen (secondary N) is 1. The number of aromatic nitrogens is 1.